The van der Waals surface area contributed by atoms with Crippen molar-refractivity contribution < 1.29 is 28.7 Å². The quantitative estimate of drug-likeness (QED) is 0.254. The molecule has 0 bridgehead atoms. The van der Waals surface area contributed by atoms with E-state index in [2.05, 4.69) is 11.7 Å². The molecule has 0 rings (SSSR count). The van der Waals surface area contributed by atoms with Crippen molar-refractivity contribution in [2.24, 2.45) is 0 Å². The second kappa shape index (κ2) is 12.0. The van der Waals surface area contributed by atoms with Gasteiger partial charge in [-0.1, -0.05) is 31.9 Å². The smallest absolute Gasteiger partial charge is 0.362 e. The third kappa shape index (κ3) is 12.1. The molecular formula is C18H34NO5+. The minimum absolute atomic E-state index is 0.172. The molecule has 140 valence electrons. The maximum Gasteiger partial charge on any atom is 0.362 e. The molecule has 6 heteroatoms. The van der Waals surface area contributed by atoms with Crippen LogP contribution in [0.5, 0.6) is 0 Å². The van der Waals surface area contributed by atoms with E-state index in [0.717, 1.165) is 19.3 Å². The number of nitrogens with zero attached hydrogens (tertiary/aromatic N) is 1. The van der Waals surface area contributed by atoms with Crippen LogP contribution in [0.15, 0.2) is 12.2 Å². The minimum atomic E-state index is -0.771. The number of hydrogen-bond donors (Lipinski definition) is 1. The second-order valence-electron chi connectivity index (χ2n) is 7.03. The molecule has 1 N–H and O–H groups in total. The molecule has 0 aromatic carbocycles. The highest BCUT2D eigenvalue weighted by molar-refractivity contribution is 5.71. The normalized spacial score (nSPS) is 14.4. The molecule has 24 heavy (non-hydrogen) atoms. The van der Waals surface area contributed by atoms with Gasteiger partial charge in [0.1, 0.15) is 6.10 Å². The van der Waals surface area contributed by atoms with Crippen LogP contribution < -0.4 is 0 Å². The number of methoxy groups -OCH3 is 1. The number of unbranched alkanes of at least 4 members (excludes halogenated alkanes) is 2. The lowest BCUT2D eigenvalue weighted by Gasteiger charge is -2.26. The maximum atomic E-state index is 12.0. The van der Waals surface area contributed by atoms with Crippen molar-refractivity contribution in [1.29, 1.82) is 0 Å². The van der Waals surface area contributed by atoms with Crippen molar-refractivity contribution >= 4 is 11.9 Å². The Kier molecular flexibility index (Phi) is 11.3. The summed E-state index contributed by atoms with van der Waals surface area (Å²) in [6.07, 6.45) is 6.25. The first-order valence-electron chi connectivity index (χ1n) is 8.59. The van der Waals surface area contributed by atoms with Crippen molar-refractivity contribution in [3.63, 3.8) is 0 Å². The summed E-state index contributed by atoms with van der Waals surface area (Å²) in [5, 5.41) is 10.3. The minimum Gasteiger partial charge on any atom is -0.469 e. The topological polar surface area (TPSA) is 72.8 Å². The molecular weight excluding hydrogens is 310 g/mol. The molecule has 0 aliphatic carbocycles. The Morgan fingerprint density at radius 3 is 2.33 bits per heavy atom. The Morgan fingerprint density at radius 2 is 1.79 bits per heavy atom. The summed E-state index contributed by atoms with van der Waals surface area (Å²) < 4.78 is 10.5. The second-order valence-corrected chi connectivity index (χ2v) is 7.03. The highest BCUT2D eigenvalue weighted by Gasteiger charge is 2.25. The lowest BCUT2D eigenvalue weighted by Crippen LogP contribution is -2.42. The molecule has 2 unspecified atom stereocenters. The SMILES string of the molecule is CCCCCC(OC(=O)C[N+](C)(C)C)C(O)C/C=C/CC(=O)OC. The van der Waals surface area contributed by atoms with Crippen LogP contribution in [0.25, 0.3) is 0 Å². The fraction of sp³-hybridized carbons (Fsp3) is 0.778. The van der Waals surface area contributed by atoms with Gasteiger partial charge in [0.25, 0.3) is 0 Å². The van der Waals surface area contributed by atoms with Gasteiger partial charge in [-0.2, -0.15) is 0 Å². The zero-order valence-corrected chi connectivity index (χ0v) is 15.8. The lowest BCUT2D eigenvalue weighted by atomic mass is 10.0. The van der Waals surface area contributed by atoms with Gasteiger partial charge in [-0.3, -0.25) is 4.79 Å². The molecule has 2 atom stereocenters. The fourth-order valence-electron chi connectivity index (χ4n) is 2.17. The number of rotatable bonds is 12. The summed E-state index contributed by atoms with van der Waals surface area (Å²) in [5.74, 6) is -0.629. The summed E-state index contributed by atoms with van der Waals surface area (Å²) in [7, 11) is 7.08. The summed E-state index contributed by atoms with van der Waals surface area (Å²) in [6.45, 7) is 2.36. The van der Waals surface area contributed by atoms with E-state index in [1.807, 2.05) is 21.1 Å². The van der Waals surface area contributed by atoms with Gasteiger partial charge in [0.15, 0.2) is 6.54 Å². The van der Waals surface area contributed by atoms with E-state index in [-0.39, 0.29) is 24.9 Å². The highest BCUT2D eigenvalue weighted by Crippen LogP contribution is 2.15. The average molecular weight is 344 g/mol. The number of ether oxygens (including phenoxy) is 2. The summed E-state index contributed by atoms with van der Waals surface area (Å²) in [4.78, 5) is 23.1. The van der Waals surface area contributed by atoms with Crippen molar-refractivity contribution in [3.05, 3.63) is 12.2 Å². The summed E-state index contributed by atoms with van der Waals surface area (Å²) >= 11 is 0. The first-order valence-corrected chi connectivity index (χ1v) is 8.59. The molecule has 0 aliphatic heterocycles. The van der Waals surface area contributed by atoms with E-state index in [4.69, 9.17) is 4.74 Å². The van der Waals surface area contributed by atoms with Crippen LogP contribution in [-0.4, -0.2) is 68.5 Å². The molecule has 0 saturated heterocycles. The molecule has 0 radical (unpaired) electrons. The van der Waals surface area contributed by atoms with E-state index in [1.54, 1.807) is 12.2 Å². The standard InChI is InChI=1S/C18H34NO5/c1-6-7-8-12-16(24-18(22)14-19(2,3)4)15(20)11-9-10-13-17(21)23-5/h9-10,15-16,20H,6-8,11-14H2,1-5H3/q+1/b10-9+. The van der Waals surface area contributed by atoms with Gasteiger partial charge < -0.3 is 19.1 Å². The van der Waals surface area contributed by atoms with Crippen LogP contribution in [0.2, 0.25) is 0 Å². The van der Waals surface area contributed by atoms with Crippen molar-refractivity contribution in [2.45, 2.75) is 57.7 Å². The predicted molar refractivity (Wildman–Crippen MR) is 93.3 cm³/mol. The zero-order chi connectivity index (χ0) is 18.6. The van der Waals surface area contributed by atoms with Crippen molar-refractivity contribution in [1.82, 2.24) is 0 Å². The van der Waals surface area contributed by atoms with E-state index in [1.165, 1.54) is 7.11 Å². The van der Waals surface area contributed by atoms with E-state index in [0.29, 0.717) is 17.3 Å². The Morgan fingerprint density at radius 1 is 1.12 bits per heavy atom. The number of likely N-dealkylation sites (N-methyl/N-ethyl adjacent to an activating group) is 1. The zero-order valence-electron chi connectivity index (χ0n) is 15.8. The molecule has 0 amide bonds. The van der Waals surface area contributed by atoms with Crippen LogP contribution >= 0.6 is 0 Å². The molecule has 0 saturated carbocycles. The average Bonchev–Trinajstić information content (AvgIpc) is 2.48. The number of carbonyl (C=O) groups is 2. The third-order valence-corrected chi connectivity index (χ3v) is 3.46. The Bertz CT molecular complexity index is 401. The van der Waals surface area contributed by atoms with Gasteiger partial charge in [-0.15, -0.1) is 0 Å². The van der Waals surface area contributed by atoms with Crippen LogP contribution in [0.3, 0.4) is 0 Å². The molecule has 0 aromatic rings. The Balaban J connectivity index is 4.55. The first kappa shape index (κ1) is 22.6. The van der Waals surface area contributed by atoms with Crippen LogP contribution in [0.4, 0.5) is 0 Å². The largest absolute Gasteiger partial charge is 0.469 e. The van der Waals surface area contributed by atoms with Crippen LogP contribution in [0, 0.1) is 0 Å². The van der Waals surface area contributed by atoms with E-state index in [9.17, 15) is 14.7 Å². The first-order chi connectivity index (χ1) is 11.2. The lowest BCUT2D eigenvalue weighted by molar-refractivity contribution is -0.862. The highest BCUT2D eigenvalue weighted by atomic mass is 16.6. The van der Waals surface area contributed by atoms with Crippen molar-refractivity contribution in [3.8, 4) is 0 Å². The molecule has 0 spiro atoms. The van der Waals surface area contributed by atoms with Gasteiger partial charge in [0.05, 0.1) is 40.8 Å². The third-order valence-electron chi connectivity index (χ3n) is 3.46. The van der Waals surface area contributed by atoms with Gasteiger partial charge in [0.2, 0.25) is 0 Å². The van der Waals surface area contributed by atoms with Crippen LogP contribution in [0.1, 0.15) is 45.4 Å². The number of esters is 2. The van der Waals surface area contributed by atoms with E-state index >= 15 is 0 Å². The Hall–Kier alpha value is -1.40. The van der Waals surface area contributed by atoms with Gasteiger partial charge in [-0.05, 0) is 19.3 Å². The summed E-state index contributed by atoms with van der Waals surface area (Å²) in [6, 6.07) is 0. The molecule has 0 fully saturated rings. The van der Waals surface area contributed by atoms with Crippen LogP contribution in [-0.2, 0) is 19.1 Å². The fourth-order valence-corrected chi connectivity index (χ4v) is 2.17. The van der Waals surface area contributed by atoms with E-state index < -0.39 is 12.2 Å². The molecule has 0 aliphatic rings. The number of quaternary nitrogens is 1. The number of hydrogen-bond acceptors (Lipinski definition) is 5. The summed E-state index contributed by atoms with van der Waals surface area (Å²) in [5.41, 5.74) is 0. The number of carbonyl (C=O) groups excluding carboxylic acids is 2. The van der Waals surface area contributed by atoms with Gasteiger partial charge in [-0.25, -0.2) is 4.79 Å². The number of aliphatic hydroxyl groups is 1. The maximum absolute atomic E-state index is 12.0. The molecule has 0 aromatic heterocycles. The monoisotopic (exact) mass is 344 g/mol. The predicted octanol–water partition coefficient (Wildman–Crippen LogP) is 2.05. The molecule has 6 nitrogen and oxygen atoms in total. The Labute approximate surface area is 146 Å². The molecule has 0 heterocycles. The van der Waals surface area contributed by atoms with Gasteiger partial charge >= 0.3 is 11.9 Å². The number of aliphatic hydroxyl groups excluding tert-OH is 1. The van der Waals surface area contributed by atoms with Gasteiger partial charge in [0, 0.05) is 0 Å². The van der Waals surface area contributed by atoms with Crippen molar-refractivity contribution in [2.75, 3.05) is 34.8 Å².